The highest BCUT2D eigenvalue weighted by molar-refractivity contribution is 7.99. The van der Waals surface area contributed by atoms with E-state index in [0.29, 0.717) is 6.42 Å². The van der Waals surface area contributed by atoms with Crippen LogP contribution in [-0.4, -0.2) is 47.4 Å². The maximum atomic E-state index is 12.9. The first-order valence-corrected chi connectivity index (χ1v) is 16.8. The van der Waals surface area contributed by atoms with Crippen molar-refractivity contribution >= 4 is 25.8 Å². The molecule has 0 spiro atoms. The van der Waals surface area contributed by atoms with Gasteiger partial charge in [-0.3, -0.25) is 4.74 Å². The maximum absolute atomic E-state index is 12.9. The average molecular weight is 552 g/mol. The molecule has 1 N–H and O–H groups in total. The third-order valence-corrected chi connectivity index (χ3v) is 9.32. The van der Waals surface area contributed by atoms with Gasteiger partial charge in [0.25, 0.3) is 0 Å². The Morgan fingerprint density at radius 1 is 0.833 bits per heavy atom. The SMILES string of the molecule is CCCCCCCCCCSC(CCCCCCCCC)C(C)O[P+](=O)C(O)(OCCC)C(=O)OC. The molecule has 0 rings (SSSR count). The first-order valence-electron chi connectivity index (χ1n) is 14.6. The predicted molar refractivity (Wildman–Crippen MR) is 153 cm³/mol. The van der Waals surface area contributed by atoms with Crippen LogP contribution in [0.1, 0.15) is 137 Å². The van der Waals surface area contributed by atoms with E-state index in [-0.39, 0.29) is 18.0 Å². The highest BCUT2D eigenvalue weighted by Gasteiger charge is 2.62. The number of hydrogen-bond donors (Lipinski definition) is 1. The molecule has 4 unspecified atom stereocenters. The van der Waals surface area contributed by atoms with Gasteiger partial charge >= 0.3 is 19.5 Å². The van der Waals surface area contributed by atoms with Crippen molar-refractivity contribution in [1.29, 1.82) is 0 Å². The largest absolute Gasteiger partial charge is 0.589 e. The lowest BCUT2D eigenvalue weighted by Crippen LogP contribution is -2.40. The molecule has 0 fully saturated rings. The summed E-state index contributed by atoms with van der Waals surface area (Å²) in [6.45, 7) is 8.29. The molecule has 0 aliphatic carbocycles. The average Bonchev–Trinajstić information content (AvgIpc) is 2.88. The van der Waals surface area contributed by atoms with Crippen molar-refractivity contribution in [3.8, 4) is 0 Å². The van der Waals surface area contributed by atoms with Gasteiger partial charge in [-0.15, -0.1) is 4.52 Å². The molecule has 0 aliphatic heterocycles. The van der Waals surface area contributed by atoms with Crippen LogP contribution in [0, 0.1) is 0 Å². The number of unbranched alkanes of at least 4 members (excludes halogenated alkanes) is 13. The summed E-state index contributed by atoms with van der Waals surface area (Å²) in [6, 6.07) is 0. The van der Waals surface area contributed by atoms with E-state index in [1.807, 2.05) is 25.6 Å². The van der Waals surface area contributed by atoms with Crippen LogP contribution < -0.4 is 0 Å². The van der Waals surface area contributed by atoms with E-state index in [1.165, 1.54) is 83.5 Å². The molecule has 0 saturated carbocycles. The zero-order chi connectivity index (χ0) is 27.1. The van der Waals surface area contributed by atoms with Crippen LogP contribution in [0.5, 0.6) is 0 Å². The maximum Gasteiger partial charge on any atom is 0.589 e. The summed E-state index contributed by atoms with van der Waals surface area (Å²) in [5, 5.41) is 10.8. The number of hydrogen-bond acceptors (Lipinski definition) is 7. The van der Waals surface area contributed by atoms with Gasteiger partial charge in [-0.1, -0.05) is 111 Å². The lowest BCUT2D eigenvalue weighted by atomic mass is 10.1. The van der Waals surface area contributed by atoms with Gasteiger partial charge in [0, 0.05) is 5.25 Å². The molecule has 6 nitrogen and oxygen atoms in total. The summed E-state index contributed by atoms with van der Waals surface area (Å²) in [7, 11) is -1.68. The minimum Gasteiger partial charge on any atom is -0.461 e. The van der Waals surface area contributed by atoms with E-state index in [2.05, 4.69) is 18.6 Å². The molecular weight excluding hydrogens is 495 g/mol. The summed E-state index contributed by atoms with van der Waals surface area (Å²) in [4.78, 5) is 12.1. The van der Waals surface area contributed by atoms with Crippen LogP contribution >= 0.6 is 19.8 Å². The quantitative estimate of drug-likeness (QED) is 0.0498. The smallest absolute Gasteiger partial charge is 0.461 e. The third kappa shape index (κ3) is 16.6. The molecule has 0 bridgehead atoms. The fourth-order valence-corrected chi connectivity index (χ4v) is 6.53. The van der Waals surface area contributed by atoms with Gasteiger partial charge in [-0.05, 0) is 36.5 Å². The Morgan fingerprint density at radius 3 is 1.83 bits per heavy atom. The summed E-state index contributed by atoms with van der Waals surface area (Å²) >= 11 is 1.87. The fraction of sp³-hybridized carbons (Fsp3) is 0.964. The molecule has 0 aromatic heterocycles. The van der Waals surface area contributed by atoms with Crippen LogP contribution in [0.25, 0.3) is 0 Å². The molecule has 4 atom stereocenters. The summed E-state index contributed by atoms with van der Waals surface area (Å²) in [6.07, 6.45) is 20.1. The van der Waals surface area contributed by atoms with Crippen LogP contribution in [0.4, 0.5) is 0 Å². The molecule has 214 valence electrons. The summed E-state index contributed by atoms with van der Waals surface area (Å²) in [5.41, 5.74) is -2.57. The van der Waals surface area contributed by atoms with E-state index < -0.39 is 19.5 Å². The molecule has 0 aliphatic rings. The number of aliphatic hydroxyl groups is 1. The van der Waals surface area contributed by atoms with Crippen LogP contribution in [0.2, 0.25) is 0 Å². The lowest BCUT2D eigenvalue weighted by Gasteiger charge is -2.21. The second kappa shape index (κ2) is 23.9. The molecule has 0 heterocycles. The first-order chi connectivity index (χ1) is 17.4. The van der Waals surface area contributed by atoms with Crippen LogP contribution in [0.3, 0.4) is 0 Å². The number of rotatable bonds is 26. The van der Waals surface area contributed by atoms with Gasteiger partial charge in [0.15, 0.2) is 0 Å². The molecule has 8 heteroatoms. The molecule has 0 aromatic rings. The Bertz CT molecular complexity index is 550. The summed E-state index contributed by atoms with van der Waals surface area (Å²) < 4.78 is 28.6. The van der Waals surface area contributed by atoms with E-state index >= 15 is 0 Å². The Kier molecular flexibility index (Phi) is 23.8. The third-order valence-electron chi connectivity index (χ3n) is 6.41. The van der Waals surface area contributed by atoms with Crippen molar-refractivity contribution in [3.63, 3.8) is 0 Å². The van der Waals surface area contributed by atoms with E-state index in [4.69, 9.17) is 9.26 Å². The minimum atomic E-state index is -2.82. The second-order valence-electron chi connectivity index (χ2n) is 9.81. The Balaban J connectivity index is 4.79. The standard InChI is InChI=1S/C28H56O6PS/c1-6-9-11-13-15-17-19-21-24-36-26(22-20-18-16-14-12-10-7-2)25(4)34-35(31)28(30,27(29)32-5)33-23-8-3/h25-26,30H,6-24H2,1-5H3/q+1. The van der Waals surface area contributed by atoms with Gasteiger partial charge in [-0.2, -0.15) is 11.8 Å². The van der Waals surface area contributed by atoms with Gasteiger partial charge in [0.2, 0.25) is 0 Å². The zero-order valence-electron chi connectivity index (χ0n) is 23.9. The lowest BCUT2D eigenvalue weighted by molar-refractivity contribution is -0.196. The zero-order valence-corrected chi connectivity index (χ0v) is 25.6. The Hall–Kier alpha value is -0.200. The second-order valence-corrected chi connectivity index (χ2v) is 12.5. The number of esters is 1. The molecule has 0 saturated heterocycles. The van der Waals surface area contributed by atoms with Crippen molar-refractivity contribution in [2.45, 2.75) is 154 Å². The predicted octanol–water partition coefficient (Wildman–Crippen LogP) is 8.76. The number of thioether (sulfide) groups is 1. The van der Waals surface area contributed by atoms with Gasteiger partial charge in [-0.25, -0.2) is 4.79 Å². The normalized spacial score (nSPS) is 15.3. The minimum absolute atomic E-state index is 0.0824. The van der Waals surface area contributed by atoms with E-state index in [9.17, 15) is 14.5 Å². The topological polar surface area (TPSA) is 82.1 Å². The van der Waals surface area contributed by atoms with Crippen molar-refractivity contribution in [2.75, 3.05) is 19.5 Å². The van der Waals surface area contributed by atoms with Crippen molar-refractivity contribution in [1.82, 2.24) is 0 Å². The molecule has 36 heavy (non-hydrogen) atoms. The number of ether oxygens (including phenoxy) is 2. The van der Waals surface area contributed by atoms with Gasteiger partial charge < -0.3 is 9.84 Å². The number of methoxy groups -OCH3 is 1. The highest BCUT2D eigenvalue weighted by atomic mass is 32.2. The van der Waals surface area contributed by atoms with Gasteiger partial charge in [0.05, 0.1) is 13.7 Å². The number of carbonyl (C=O) groups is 1. The van der Waals surface area contributed by atoms with Crippen molar-refractivity contribution in [3.05, 3.63) is 0 Å². The van der Waals surface area contributed by atoms with Crippen molar-refractivity contribution in [2.24, 2.45) is 0 Å². The van der Waals surface area contributed by atoms with E-state index in [0.717, 1.165) is 32.1 Å². The van der Waals surface area contributed by atoms with Crippen LogP contribution in [0.15, 0.2) is 0 Å². The Labute approximate surface area is 227 Å². The molecular formula is C28H56O6PS+. The van der Waals surface area contributed by atoms with E-state index in [1.54, 1.807) is 0 Å². The fourth-order valence-electron chi connectivity index (χ4n) is 4.08. The highest BCUT2D eigenvalue weighted by Crippen LogP contribution is 2.43. The van der Waals surface area contributed by atoms with Crippen LogP contribution in [-0.2, 0) is 23.4 Å². The monoisotopic (exact) mass is 551 g/mol. The number of carbonyl (C=O) groups excluding carboxylic acids is 1. The Morgan fingerprint density at radius 2 is 1.33 bits per heavy atom. The summed E-state index contributed by atoms with van der Waals surface area (Å²) in [5.74, 6) is -0.0479. The molecule has 0 amide bonds. The molecule has 0 radical (unpaired) electrons. The first kappa shape index (κ1) is 35.8. The van der Waals surface area contributed by atoms with Gasteiger partial charge in [0.1, 0.15) is 6.10 Å². The van der Waals surface area contributed by atoms with Crippen molar-refractivity contribution < 1.29 is 28.5 Å². The molecule has 0 aromatic carbocycles.